The number of hydrogen-bond donors (Lipinski definition) is 0. The molecular weight excluding hydrogens is 332 g/mol. The second-order valence-electron chi connectivity index (χ2n) is 6.08. The second kappa shape index (κ2) is 6.18. The number of rotatable bonds is 3. The monoisotopic (exact) mass is 348 g/mol. The number of aryl methyl sites for hydroxylation is 3. The molecule has 4 aromatic rings. The topological polar surface area (TPSA) is 91.0 Å². The van der Waals surface area contributed by atoms with Crippen molar-refractivity contribution in [3.05, 3.63) is 58.7 Å². The van der Waals surface area contributed by atoms with Gasteiger partial charge in [0.15, 0.2) is 0 Å². The average molecular weight is 348 g/mol. The third-order valence-corrected chi connectivity index (χ3v) is 4.15. The molecule has 4 rings (SSSR count). The number of carbonyl (C=O) groups is 1. The molecule has 0 amide bonds. The summed E-state index contributed by atoms with van der Waals surface area (Å²) in [6.07, 6.45) is 0. The van der Waals surface area contributed by atoms with Crippen LogP contribution in [-0.4, -0.2) is 26.1 Å². The van der Waals surface area contributed by atoms with E-state index in [2.05, 4.69) is 20.1 Å². The van der Waals surface area contributed by atoms with Gasteiger partial charge in [0.25, 0.3) is 5.71 Å². The predicted octanol–water partition coefficient (Wildman–Crippen LogP) is 3.45. The van der Waals surface area contributed by atoms with Gasteiger partial charge in [-0.15, -0.1) is 0 Å². The molecule has 26 heavy (non-hydrogen) atoms. The molecule has 0 spiro atoms. The zero-order chi connectivity index (χ0) is 18.3. The van der Waals surface area contributed by atoms with E-state index in [9.17, 15) is 4.79 Å². The Kier molecular flexibility index (Phi) is 3.84. The third-order valence-electron chi connectivity index (χ3n) is 4.15. The first-order valence-electron chi connectivity index (χ1n) is 8.16. The Morgan fingerprint density at radius 3 is 2.54 bits per heavy atom. The van der Waals surface area contributed by atoms with Gasteiger partial charge >= 0.3 is 5.97 Å². The zero-order valence-corrected chi connectivity index (χ0v) is 14.6. The molecule has 7 heteroatoms. The molecule has 0 saturated heterocycles. The number of hydrogen-bond acceptors (Lipinski definition) is 7. The average Bonchev–Trinajstić information content (AvgIpc) is 2.99. The lowest BCUT2D eigenvalue weighted by Crippen LogP contribution is -2.09. The van der Waals surface area contributed by atoms with Crippen molar-refractivity contribution in [3.63, 3.8) is 0 Å². The number of benzene rings is 1. The molecule has 130 valence electrons. The molecule has 0 N–H and O–H groups in total. The van der Waals surface area contributed by atoms with E-state index in [0.29, 0.717) is 33.7 Å². The molecule has 0 radical (unpaired) electrons. The molecule has 0 saturated carbocycles. The number of ether oxygens (including phenoxy) is 1. The van der Waals surface area contributed by atoms with E-state index in [-0.39, 0.29) is 6.61 Å². The van der Waals surface area contributed by atoms with Gasteiger partial charge in [-0.1, -0.05) is 17.3 Å². The van der Waals surface area contributed by atoms with E-state index in [0.717, 1.165) is 16.7 Å². The van der Waals surface area contributed by atoms with Gasteiger partial charge in [0, 0.05) is 5.69 Å². The highest BCUT2D eigenvalue weighted by Gasteiger charge is 2.19. The van der Waals surface area contributed by atoms with Crippen LogP contribution in [0.2, 0.25) is 0 Å². The fraction of sp³-hybridized carbons (Fsp3) is 0.211. The highest BCUT2D eigenvalue weighted by molar-refractivity contribution is 6.03. The minimum Gasteiger partial charge on any atom is -0.455 e. The van der Waals surface area contributed by atoms with Gasteiger partial charge in [-0.3, -0.25) is 0 Å². The molecular formula is C19H16N4O3. The zero-order valence-electron chi connectivity index (χ0n) is 14.6. The van der Waals surface area contributed by atoms with Crippen LogP contribution in [0.1, 0.15) is 33.1 Å². The van der Waals surface area contributed by atoms with Gasteiger partial charge in [-0.2, -0.15) is 0 Å². The lowest BCUT2D eigenvalue weighted by molar-refractivity contribution is 0.0469. The maximum atomic E-state index is 12.6. The summed E-state index contributed by atoms with van der Waals surface area (Å²) in [7, 11) is 0. The number of para-hydroxylation sites is 2. The van der Waals surface area contributed by atoms with Crippen LogP contribution < -0.4 is 0 Å². The molecule has 0 aliphatic heterocycles. The van der Waals surface area contributed by atoms with Gasteiger partial charge in [0.05, 0.1) is 39.1 Å². The van der Waals surface area contributed by atoms with Crippen molar-refractivity contribution in [2.45, 2.75) is 27.4 Å². The Morgan fingerprint density at radius 2 is 1.77 bits per heavy atom. The number of esters is 1. The van der Waals surface area contributed by atoms with E-state index < -0.39 is 5.97 Å². The summed E-state index contributed by atoms with van der Waals surface area (Å²) in [6.45, 7) is 5.43. The molecule has 0 aliphatic rings. The van der Waals surface area contributed by atoms with Gasteiger partial charge < -0.3 is 9.26 Å². The van der Waals surface area contributed by atoms with Crippen LogP contribution in [0.3, 0.4) is 0 Å². The quantitative estimate of drug-likeness (QED) is 0.524. The van der Waals surface area contributed by atoms with Crippen molar-refractivity contribution in [1.82, 2.24) is 20.1 Å². The standard InChI is InChI=1S/C19H16N4O3/c1-10-8-13(17-12(3)23-26-18(17)20-10)19(24)25-9-16-11(2)21-14-6-4-5-7-15(14)22-16/h4-8H,9H2,1-3H3. The molecule has 0 bridgehead atoms. The molecule has 1 aromatic carbocycles. The third kappa shape index (κ3) is 2.77. The molecule has 7 nitrogen and oxygen atoms in total. The summed E-state index contributed by atoms with van der Waals surface area (Å²) < 4.78 is 10.7. The van der Waals surface area contributed by atoms with Crippen molar-refractivity contribution in [3.8, 4) is 0 Å². The van der Waals surface area contributed by atoms with E-state index in [4.69, 9.17) is 9.26 Å². The summed E-state index contributed by atoms with van der Waals surface area (Å²) in [4.78, 5) is 25.9. The maximum Gasteiger partial charge on any atom is 0.339 e. The maximum absolute atomic E-state index is 12.6. The highest BCUT2D eigenvalue weighted by atomic mass is 16.5. The predicted molar refractivity (Wildman–Crippen MR) is 94.7 cm³/mol. The Labute approximate surface area is 149 Å². The normalized spacial score (nSPS) is 11.2. The first kappa shape index (κ1) is 16.1. The number of pyridine rings is 1. The van der Waals surface area contributed by atoms with Crippen molar-refractivity contribution in [2.24, 2.45) is 0 Å². The van der Waals surface area contributed by atoms with Crippen molar-refractivity contribution >= 4 is 28.1 Å². The summed E-state index contributed by atoms with van der Waals surface area (Å²) >= 11 is 0. The molecule has 0 fully saturated rings. The number of aromatic nitrogens is 4. The number of carbonyl (C=O) groups excluding carboxylic acids is 1. The Balaban J connectivity index is 1.64. The molecule has 3 heterocycles. The van der Waals surface area contributed by atoms with Crippen LogP contribution in [0, 0.1) is 20.8 Å². The van der Waals surface area contributed by atoms with E-state index in [1.54, 1.807) is 19.9 Å². The van der Waals surface area contributed by atoms with Crippen molar-refractivity contribution < 1.29 is 14.1 Å². The SMILES string of the molecule is Cc1cc(C(=O)OCc2nc3ccccc3nc2C)c2c(C)noc2n1. The first-order chi connectivity index (χ1) is 12.5. The van der Waals surface area contributed by atoms with E-state index >= 15 is 0 Å². The molecule has 0 atom stereocenters. The number of fused-ring (bicyclic) bond motifs is 2. The van der Waals surface area contributed by atoms with Gasteiger partial charge in [0.2, 0.25) is 0 Å². The van der Waals surface area contributed by atoms with Gasteiger partial charge in [0.1, 0.15) is 6.61 Å². The van der Waals surface area contributed by atoms with Gasteiger partial charge in [-0.25, -0.2) is 19.7 Å². The van der Waals surface area contributed by atoms with Crippen molar-refractivity contribution in [1.29, 1.82) is 0 Å². The van der Waals surface area contributed by atoms with Crippen LogP contribution >= 0.6 is 0 Å². The van der Waals surface area contributed by atoms with Crippen LogP contribution in [0.5, 0.6) is 0 Å². The van der Waals surface area contributed by atoms with E-state index in [1.165, 1.54) is 0 Å². The summed E-state index contributed by atoms with van der Waals surface area (Å²) in [6, 6.07) is 9.26. The van der Waals surface area contributed by atoms with Crippen LogP contribution in [0.25, 0.3) is 22.1 Å². The summed E-state index contributed by atoms with van der Waals surface area (Å²) in [5.74, 6) is -0.471. The van der Waals surface area contributed by atoms with Crippen molar-refractivity contribution in [2.75, 3.05) is 0 Å². The summed E-state index contributed by atoms with van der Waals surface area (Å²) in [5, 5.41) is 4.45. The fourth-order valence-corrected chi connectivity index (χ4v) is 2.85. The highest BCUT2D eigenvalue weighted by Crippen LogP contribution is 2.23. The molecule has 0 unspecified atom stereocenters. The smallest absolute Gasteiger partial charge is 0.339 e. The molecule has 0 aliphatic carbocycles. The minimum atomic E-state index is -0.471. The lowest BCUT2D eigenvalue weighted by atomic mass is 10.1. The molecule has 3 aromatic heterocycles. The number of nitrogens with zero attached hydrogens (tertiary/aromatic N) is 4. The van der Waals surface area contributed by atoms with Crippen LogP contribution in [-0.2, 0) is 11.3 Å². The second-order valence-corrected chi connectivity index (χ2v) is 6.08. The largest absolute Gasteiger partial charge is 0.455 e. The van der Waals surface area contributed by atoms with Crippen LogP contribution in [0.4, 0.5) is 0 Å². The summed E-state index contributed by atoms with van der Waals surface area (Å²) in [5.41, 5.74) is 4.90. The fourth-order valence-electron chi connectivity index (χ4n) is 2.85. The Morgan fingerprint density at radius 1 is 1.04 bits per heavy atom. The Bertz CT molecular complexity index is 1150. The minimum absolute atomic E-state index is 0.0374. The van der Waals surface area contributed by atoms with Gasteiger partial charge in [-0.05, 0) is 39.0 Å². The lowest BCUT2D eigenvalue weighted by Gasteiger charge is -2.09. The van der Waals surface area contributed by atoms with Crippen LogP contribution in [0.15, 0.2) is 34.9 Å². The van der Waals surface area contributed by atoms with E-state index in [1.807, 2.05) is 31.2 Å². The first-order valence-corrected chi connectivity index (χ1v) is 8.16. The Hall–Kier alpha value is -3.35.